The van der Waals surface area contributed by atoms with Crippen LogP contribution in [-0.4, -0.2) is 55.1 Å². The summed E-state index contributed by atoms with van der Waals surface area (Å²) in [5, 5.41) is 4.26. The number of hydrogen-bond donors (Lipinski definition) is 2. The second-order valence-electron chi connectivity index (χ2n) is 8.79. The number of carbonyl (C=O) groups is 2. The fourth-order valence-electron chi connectivity index (χ4n) is 4.62. The maximum Gasteiger partial charge on any atom is 0.232 e. The van der Waals surface area contributed by atoms with Crippen molar-refractivity contribution in [1.82, 2.24) is 19.9 Å². The van der Waals surface area contributed by atoms with Gasteiger partial charge in [0.15, 0.2) is 5.78 Å². The molecule has 2 N–H and O–H groups in total. The number of ketones is 1. The number of fused-ring (bicyclic) bond motifs is 1. The summed E-state index contributed by atoms with van der Waals surface area (Å²) >= 11 is 8.64. The maximum atomic E-state index is 13.6. The highest BCUT2D eigenvalue weighted by atomic mass is 127. The Kier molecular flexibility index (Phi) is 7.90. The Labute approximate surface area is 232 Å². The number of anilines is 1. The molecule has 0 bridgehead atoms. The van der Waals surface area contributed by atoms with Crippen LogP contribution in [0, 0.1) is 0 Å². The maximum absolute atomic E-state index is 13.6. The van der Waals surface area contributed by atoms with E-state index in [4.69, 9.17) is 16.3 Å². The number of benzene rings is 2. The molecule has 2 aromatic heterocycles. The van der Waals surface area contributed by atoms with E-state index in [9.17, 15) is 9.59 Å². The highest BCUT2D eigenvalue weighted by Gasteiger charge is 2.27. The van der Waals surface area contributed by atoms with Gasteiger partial charge < -0.3 is 19.9 Å². The number of likely N-dealkylation sites (tertiary alicyclic amines) is 1. The molecular weight excluding hydrogens is 605 g/mol. The quantitative estimate of drug-likeness (QED) is 0.144. The van der Waals surface area contributed by atoms with Crippen LogP contribution < -0.4 is 10.1 Å². The van der Waals surface area contributed by atoms with Crippen molar-refractivity contribution >= 4 is 62.7 Å². The number of para-hydroxylation sites is 1. The molecule has 3 heterocycles. The van der Waals surface area contributed by atoms with E-state index in [0.717, 1.165) is 25.8 Å². The minimum Gasteiger partial charge on any atom is -0.457 e. The number of H-pyrrole nitrogens is 1. The molecule has 10 heteroatoms. The number of rotatable bonds is 8. The molecule has 8 nitrogen and oxygen atoms in total. The van der Waals surface area contributed by atoms with Crippen LogP contribution in [0.4, 0.5) is 5.82 Å². The van der Waals surface area contributed by atoms with Crippen LogP contribution in [0.25, 0.3) is 11.0 Å². The van der Waals surface area contributed by atoms with Crippen molar-refractivity contribution in [2.24, 2.45) is 0 Å². The van der Waals surface area contributed by atoms with Crippen LogP contribution in [0.5, 0.6) is 11.5 Å². The van der Waals surface area contributed by atoms with Gasteiger partial charge in [-0.25, -0.2) is 9.97 Å². The molecule has 1 unspecified atom stereocenters. The second kappa shape index (κ2) is 11.5. The minimum absolute atomic E-state index is 0.0747. The summed E-state index contributed by atoms with van der Waals surface area (Å²) in [6, 6.07) is 14.5. The van der Waals surface area contributed by atoms with E-state index in [0.29, 0.717) is 50.4 Å². The van der Waals surface area contributed by atoms with E-state index < -0.39 is 0 Å². The SMILES string of the molecule is O=C(c1ccc(Oc2ccccc2)cc1Cl)c1c[nH]c2ncnc(NCC3CCCCN3C(=O)CI)c12. The monoisotopic (exact) mass is 629 g/mol. The topological polar surface area (TPSA) is 100 Å². The highest BCUT2D eigenvalue weighted by Crippen LogP contribution is 2.31. The molecule has 1 aliphatic rings. The number of amides is 1. The van der Waals surface area contributed by atoms with Gasteiger partial charge in [0.1, 0.15) is 29.3 Å². The zero-order valence-electron chi connectivity index (χ0n) is 19.9. The average molecular weight is 630 g/mol. The molecular formula is C27H25ClIN5O3. The molecule has 1 saturated heterocycles. The molecule has 5 rings (SSSR count). The number of halogens is 2. The zero-order valence-corrected chi connectivity index (χ0v) is 22.8. The Balaban J connectivity index is 1.38. The van der Waals surface area contributed by atoms with Crippen molar-refractivity contribution in [3.63, 3.8) is 0 Å². The summed E-state index contributed by atoms with van der Waals surface area (Å²) in [7, 11) is 0. The van der Waals surface area contributed by atoms with Crippen LogP contribution >= 0.6 is 34.2 Å². The summed E-state index contributed by atoms with van der Waals surface area (Å²) in [6.45, 7) is 1.31. The predicted octanol–water partition coefficient (Wildman–Crippen LogP) is 5.86. The number of piperidine rings is 1. The third kappa shape index (κ3) is 5.57. The number of nitrogens with one attached hydrogen (secondary N) is 2. The van der Waals surface area contributed by atoms with Crippen molar-refractivity contribution < 1.29 is 14.3 Å². The van der Waals surface area contributed by atoms with Crippen molar-refractivity contribution in [1.29, 1.82) is 0 Å². The lowest BCUT2D eigenvalue weighted by molar-refractivity contribution is -0.131. The molecule has 1 atom stereocenters. The largest absolute Gasteiger partial charge is 0.457 e. The van der Waals surface area contributed by atoms with Gasteiger partial charge >= 0.3 is 0 Å². The van der Waals surface area contributed by atoms with Crippen molar-refractivity contribution in [2.45, 2.75) is 25.3 Å². The van der Waals surface area contributed by atoms with Gasteiger partial charge in [-0.2, -0.15) is 0 Å². The van der Waals surface area contributed by atoms with Crippen LogP contribution in [-0.2, 0) is 4.79 Å². The number of ether oxygens (including phenoxy) is 1. The number of carbonyl (C=O) groups excluding carboxylic acids is 2. The molecule has 1 fully saturated rings. The summed E-state index contributed by atoms with van der Waals surface area (Å²) in [5.41, 5.74) is 1.31. The molecule has 0 saturated carbocycles. The van der Waals surface area contributed by atoms with Crippen LogP contribution in [0.3, 0.4) is 0 Å². The van der Waals surface area contributed by atoms with Crippen molar-refractivity contribution in [2.75, 3.05) is 22.8 Å². The third-order valence-corrected chi connectivity index (χ3v) is 7.41. The van der Waals surface area contributed by atoms with E-state index in [2.05, 4.69) is 42.9 Å². The van der Waals surface area contributed by atoms with E-state index in [1.54, 1.807) is 24.4 Å². The first-order valence-corrected chi connectivity index (χ1v) is 13.9. The van der Waals surface area contributed by atoms with Gasteiger partial charge in [0.25, 0.3) is 0 Å². The van der Waals surface area contributed by atoms with Crippen LogP contribution in [0.15, 0.2) is 61.1 Å². The van der Waals surface area contributed by atoms with E-state index in [1.807, 2.05) is 35.2 Å². The number of alkyl halides is 1. The van der Waals surface area contributed by atoms with Crippen LogP contribution in [0.1, 0.15) is 35.2 Å². The molecule has 190 valence electrons. The normalized spacial score (nSPS) is 15.5. The average Bonchev–Trinajstić information content (AvgIpc) is 3.37. The van der Waals surface area contributed by atoms with Crippen molar-refractivity contribution in [3.05, 3.63) is 77.2 Å². The van der Waals surface area contributed by atoms with Gasteiger partial charge in [0.05, 0.1) is 20.4 Å². The Morgan fingerprint density at radius 1 is 1.11 bits per heavy atom. The molecule has 1 amide bonds. The van der Waals surface area contributed by atoms with Gasteiger partial charge in [-0.05, 0) is 43.5 Å². The number of nitrogens with zero attached hydrogens (tertiary/aromatic N) is 3. The zero-order chi connectivity index (χ0) is 25.8. The first-order valence-electron chi connectivity index (χ1n) is 12.0. The Bertz CT molecular complexity index is 1430. The molecule has 2 aromatic carbocycles. The molecule has 0 radical (unpaired) electrons. The number of aromatic nitrogens is 3. The highest BCUT2D eigenvalue weighted by molar-refractivity contribution is 14.1. The Morgan fingerprint density at radius 2 is 1.95 bits per heavy atom. The first kappa shape index (κ1) is 25.5. The molecule has 0 spiro atoms. The second-order valence-corrected chi connectivity index (χ2v) is 9.96. The summed E-state index contributed by atoms with van der Waals surface area (Å²) in [6.07, 6.45) is 6.10. The summed E-state index contributed by atoms with van der Waals surface area (Å²) in [5.74, 6) is 1.66. The lowest BCUT2D eigenvalue weighted by atomic mass is 10.0. The molecule has 4 aromatic rings. The summed E-state index contributed by atoms with van der Waals surface area (Å²) in [4.78, 5) is 39.7. The molecule has 1 aliphatic heterocycles. The fourth-order valence-corrected chi connectivity index (χ4v) is 5.32. The third-order valence-electron chi connectivity index (χ3n) is 6.45. The first-order chi connectivity index (χ1) is 18.0. The van der Waals surface area contributed by atoms with E-state index in [-0.39, 0.29) is 22.8 Å². The minimum atomic E-state index is -0.250. The lowest BCUT2D eigenvalue weighted by Gasteiger charge is -2.35. The molecule has 37 heavy (non-hydrogen) atoms. The van der Waals surface area contributed by atoms with Gasteiger partial charge in [-0.15, -0.1) is 0 Å². The summed E-state index contributed by atoms with van der Waals surface area (Å²) < 4.78 is 6.29. The smallest absolute Gasteiger partial charge is 0.232 e. The van der Waals surface area contributed by atoms with Gasteiger partial charge in [0, 0.05) is 37.0 Å². The van der Waals surface area contributed by atoms with Gasteiger partial charge in [-0.1, -0.05) is 52.4 Å². The lowest BCUT2D eigenvalue weighted by Crippen LogP contribution is -2.47. The predicted molar refractivity (Wildman–Crippen MR) is 152 cm³/mol. The standard InChI is InChI=1S/C27H25ClIN5O3/c28-22-12-19(37-18-7-2-1-3-8-18)9-10-20(22)25(36)21-15-31-27-24(21)26(32-16-33-27)30-14-17-6-4-5-11-34(17)23(35)13-29/h1-3,7-10,12,15-17H,4-6,11,13-14H2,(H2,30,31,32,33). The Hall–Kier alpha value is -3.18. The fraction of sp³-hybridized carbons (Fsp3) is 0.259. The van der Waals surface area contributed by atoms with Crippen molar-refractivity contribution in [3.8, 4) is 11.5 Å². The van der Waals surface area contributed by atoms with E-state index in [1.165, 1.54) is 6.33 Å². The van der Waals surface area contributed by atoms with Gasteiger partial charge in [0.2, 0.25) is 5.91 Å². The van der Waals surface area contributed by atoms with E-state index >= 15 is 0 Å². The molecule has 0 aliphatic carbocycles. The number of aromatic amines is 1. The Morgan fingerprint density at radius 3 is 2.73 bits per heavy atom. The van der Waals surface area contributed by atoms with Crippen LogP contribution in [0.2, 0.25) is 5.02 Å². The number of hydrogen-bond acceptors (Lipinski definition) is 6. The van der Waals surface area contributed by atoms with Gasteiger partial charge in [-0.3, -0.25) is 9.59 Å².